The minimum Gasteiger partial charge on any atom is -0.383 e. The third-order valence-corrected chi connectivity index (χ3v) is 3.39. The van der Waals surface area contributed by atoms with Crippen molar-refractivity contribution in [2.75, 3.05) is 26.0 Å². The van der Waals surface area contributed by atoms with E-state index in [1.165, 1.54) is 23.9 Å². The van der Waals surface area contributed by atoms with Gasteiger partial charge < -0.3 is 10.1 Å². The van der Waals surface area contributed by atoms with Crippen LogP contribution in [0.1, 0.15) is 0 Å². The zero-order valence-electron chi connectivity index (χ0n) is 11.4. The molecule has 0 fully saturated rings. The van der Waals surface area contributed by atoms with Crippen LogP contribution in [-0.4, -0.2) is 47.1 Å². The Kier molecular flexibility index (Phi) is 5.70. The van der Waals surface area contributed by atoms with Gasteiger partial charge in [-0.25, -0.2) is 9.37 Å². The Morgan fingerprint density at radius 2 is 2.19 bits per heavy atom. The van der Waals surface area contributed by atoms with E-state index in [9.17, 15) is 9.18 Å². The van der Waals surface area contributed by atoms with Crippen LogP contribution in [0.4, 0.5) is 4.39 Å². The number of amides is 1. The molecule has 1 aromatic carbocycles. The second-order valence-corrected chi connectivity index (χ2v) is 5.05. The van der Waals surface area contributed by atoms with Crippen molar-refractivity contribution in [1.82, 2.24) is 20.5 Å². The van der Waals surface area contributed by atoms with E-state index in [4.69, 9.17) is 4.74 Å². The molecule has 2 N–H and O–H groups in total. The molecular formula is C13H15FN4O2S. The van der Waals surface area contributed by atoms with Gasteiger partial charge in [-0.1, -0.05) is 11.8 Å². The SMILES string of the molecule is COCCNC(=O)CSc1n[nH]c(-c2ccc(F)cc2)n1. The van der Waals surface area contributed by atoms with Gasteiger partial charge in [0.2, 0.25) is 11.1 Å². The summed E-state index contributed by atoms with van der Waals surface area (Å²) in [6.07, 6.45) is 0. The number of H-pyrrole nitrogens is 1. The Balaban J connectivity index is 1.86. The molecule has 0 unspecified atom stereocenters. The van der Waals surface area contributed by atoms with Gasteiger partial charge in [0.1, 0.15) is 5.82 Å². The van der Waals surface area contributed by atoms with Crippen molar-refractivity contribution in [2.24, 2.45) is 0 Å². The summed E-state index contributed by atoms with van der Waals surface area (Å²) in [5, 5.41) is 9.95. The van der Waals surface area contributed by atoms with Gasteiger partial charge in [0.25, 0.3) is 0 Å². The molecule has 1 aromatic heterocycles. The predicted molar refractivity (Wildman–Crippen MR) is 77.4 cm³/mol. The number of methoxy groups -OCH3 is 1. The van der Waals surface area contributed by atoms with Crippen LogP contribution in [0.2, 0.25) is 0 Å². The van der Waals surface area contributed by atoms with Crippen LogP contribution in [0, 0.1) is 5.82 Å². The molecule has 21 heavy (non-hydrogen) atoms. The number of carbonyl (C=O) groups excluding carboxylic acids is 1. The van der Waals surface area contributed by atoms with E-state index < -0.39 is 0 Å². The van der Waals surface area contributed by atoms with Crippen LogP contribution in [0.25, 0.3) is 11.4 Å². The fraction of sp³-hybridized carbons (Fsp3) is 0.308. The van der Waals surface area contributed by atoms with Crippen molar-refractivity contribution < 1.29 is 13.9 Å². The molecule has 2 rings (SSSR count). The quantitative estimate of drug-likeness (QED) is 0.598. The topological polar surface area (TPSA) is 79.9 Å². The lowest BCUT2D eigenvalue weighted by Crippen LogP contribution is -2.28. The highest BCUT2D eigenvalue weighted by atomic mass is 32.2. The largest absolute Gasteiger partial charge is 0.383 e. The Hall–Kier alpha value is -1.93. The fourth-order valence-electron chi connectivity index (χ4n) is 1.52. The maximum Gasteiger partial charge on any atom is 0.230 e. The molecule has 0 radical (unpaired) electrons. The van der Waals surface area contributed by atoms with E-state index in [2.05, 4.69) is 20.5 Å². The lowest BCUT2D eigenvalue weighted by Gasteiger charge is -2.02. The number of nitrogens with one attached hydrogen (secondary N) is 2. The monoisotopic (exact) mass is 310 g/mol. The molecule has 0 aliphatic heterocycles. The number of thioether (sulfide) groups is 1. The highest BCUT2D eigenvalue weighted by Gasteiger charge is 2.08. The lowest BCUT2D eigenvalue weighted by molar-refractivity contribution is -0.118. The summed E-state index contributed by atoms with van der Waals surface area (Å²) in [7, 11) is 1.57. The minimum atomic E-state index is -0.305. The van der Waals surface area contributed by atoms with Crippen molar-refractivity contribution in [3.63, 3.8) is 0 Å². The third kappa shape index (κ3) is 4.83. The van der Waals surface area contributed by atoms with E-state index in [0.717, 1.165) is 5.56 Å². The summed E-state index contributed by atoms with van der Waals surface area (Å²) >= 11 is 1.22. The average Bonchev–Trinajstić information content (AvgIpc) is 2.95. The van der Waals surface area contributed by atoms with Gasteiger partial charge in [0.15, 0.2) is 5.82 Å². The molecule has 0 saturated carbocycles. The van der Waals surface area contributed by atoms with Crippen LogP contribution in [0.5, 0.6) is 0 Å². The number of nitrogens with zero attached hydrogens (tertiary/aromatic N) is 2. The van der Waals surface area contributed by atoms with Crippen LogP contribution in [0.3, 0.4) is 0 Å². The zero-order valence-corrected chi connectivity index (χ0v) is 12.2. The van der Waals surface area contributed by atoms with Gasteiger partial charge in [-0.15, -0.1) is 5.10 Å². The lowest BCUT2D eigenvalue weighted by atomic mass is 10.2. The fourth-order valence-corrected chi connectivity index (χ4v) is 2.15. The molecule has 2 aromatic rings. The van der Waals surface area contributed by atoms with Crippen molar-refractivity contribution in [2.45, 2.75) is 5.16 Å². The number of hydrogen-bond donors (Lipinski definition) is 2. The summed E-state index contributed by atoms with van der Waals surface area (Å²) in [6, 6.07) is 5.94. The number of halogens is 1. The van der Waals surface area contributed by atoms with Crippen LogP contribution in [-0.2, 0) is 9.53 Å². The molecule has 1 amide bonds. The van der Waals surface area contributed by atoms with Gasteiger partial charge in [0, 0.05) is 19.2 Å². The summed E-state index contributed by atoms with van der Waals surface area (Å²) in [5.74, 6) is 0.354. The first-order valence-electron chi connectivity index (χ1n) is 6.26. The Morgan fingerprint density at radius 1 is 1.43 bits per heavy atom. The van der Waals surface area contributed by atoms with E-state index in [1.807, 2.05) is 0 Å². The number of aromatic nitrogens is 3. The molecule has 6 nitrogen and oxygen atoms in total. The molecular weight excluding hydrogens is 295 g/mol. The second kappa shape index (κ2) is 7.75. The minimum absolute atomic E-state index is 0.106. The number of rotatable bonds is 7. The van der Waals surface area contributed by atoms with Crippen molar-refractivity contribution in [1.29, 1.82) is 0 Å². The van der Waals surface area contributed by atoms with E-state index in [0.29, 0.717) is 24.1 Å². The molecule has 0 aliphatic rings. The molecule has 0 saturated heterocycles. The molecule has 0 bridgehead atoms. The van der Waals surface area contributed by atoms with Crippen LogP contribution >= 0.6 is 11.8 Å². The molecule has 112 valence electrons. The summed E-state index contributed by atoms with van der Waals surface area (Å²) in [5.41, 5.74) is 0.736. The highest BCUT2D eigenvalue weighted by Crippen LogP contribution is 2.19. The normalized spacial score (nSPS) is 10.6. The molecule has 1 heterocycles. The second-order valence-electron chi connectivity index (χ2n) is 4.10. The van der Waals surface area contributed by atoms with Crippen molar-refractivity contribution >= 4 is 17.7 Å². The van der Waals surface area contributed by atoms with E-state index in [1.54, 1.807) is 19.2 Å². The Morgan fingerprint density at radius 3 is 2.90 bits per heavy atom. The first kappa shape index (κ1) is 15.5. The maximum absolute atomic E-state index is 12.8. The number of ether oxygens (including phenoxy) is 1. The maximum atomic E-state index is 12.8. The summed E-state index contributed by atoms with van der Waals surface area (Å²) in [6.45, 7) is 0.955. The Labute approximate surface area is 125 Å². The van der Waals surface area contributed by atoms with Crippen LogP contribution < -0.4 is 5.32 Å². The number of hydrogen-bond acceptors (Lipinski definition) is 5. The molecule has 0 aliphatic carbocycles. The number of aromatic amines is 1. The Bertz CT molecular complexity index is 588. The first-order chi connectivity index (χ1) is 10.2. The van der Waals surface area contributed by atoms with Gasteiger partial charge in [-0.05, 0) is 24.3 Å². The molecule has 8 heteroatoms. The number of carbonyl (C=O) groups is 1. The predicted octanol–water partition coefficient (Wildman–Crippen LogP) is 1.47. The highest BCUT2D eigenvalue weighted by molar-refractivity contribution is 7.99. The molecule has 0 atom stereocenters. The zero-order chi connectivity index (χ0) is 15.1. The van der Waals surface area contributed by atoms with Gasteiger partial charge in [-0.2, -0.15) is 0 Å². The average molecular weight is 310 g/mol. The van der Waals surface area contributed by atoms with Gasteiger partial charge >= 0.3 is 0 Å². The smallest absolute Gasteiger partial charge is 0.230 e. The third-order valence-electron chi connectivity index (χ3n) is 2.54. The van der Waals surface area contributed by atoms with Gasteiger partial charge in [-0.3, -0.25) is 9.89 Å². The summed E-state index contributed by atoms with van der Waals surface area (Å²) in [4.78, 5) is 15.8. The van der Waals surface area contributed by atoms with E-state index in [-0.39, 0.29) is 17.5 Å². The van der Waals surface area contributed by atoms with Crippen LogP contribution in [0.15, 0.2) is 29.4 Å². The van der Waals surface area contributed by atoms with Gasteiger partial charge in [0.05, 0.1) is 12.4 Å². The summed E-state index contributed by atoms with van der Waals surface area (Å²) < 4.78 is 17.7. The van der Waals surface area contributed by atoms with Crippen molar-refractivity contribution in [3.8, 4) is 11.4 Å². The van der Waals surface area contributed by atoms with E-state index >= 15 is 0 Å². The van der Waals surface area contributed by atoms with Crippen molar-refractivity contribution in [3.05, 3.63) is 30.1 Å². The molecule has 0 spiro atoms. The first-order valence-corrected chi connectivity index (χ1v) is 7.24. The standard InChI is InChI=1S/C13H15FN4O2S/c1-20-7-6-15-11(19)8-21-13-16-12(17-18-13)9-2-4-10(14)5-3-9/h2-5H,6-8H2,1H3,(H,15,19)(H,16,17,18). The number of benzene rings is 1.